The van der Waals surface area contributed by atoms with Crippen LogP contribution in [0.15, 0.2) is 0 Å². The first-order valence-electron chi connectivity index (χ1n) is 4.25. The maximum Gasteiger partial charge on any atom is 0.198 e. The van der Waals surface area contributed by atoms with Crippen molar-refractivity contribution in [2.75, 3.05) is 13.6 Å². The zero-order valence-electron chi connectivity index (χ0n) is 8.09. The Morgan fingerprint density at radius 3 is 2.77 bits per heavy atom. The van der Waals surface area contributed by atoms with E-state index in [0.29, 0.717) is 12.2 Å². The maximum absolute atomic E-state index is 11.4. The van der Waals surface area contributed by atoms with Crippen molar-refractivity contribution in [3.05, 3.63) is 11.4 Å². The third kappa shape index (κ3) is 2.12. The van der Waals surface area contributed by atoms with Crippen molar-refractivity contribution < 1.29 is 4.79 Å². The molecule has 0 aliphatic heterocycles. The van der Waals surface area contributed by atoms with Gasteiger partial charge in [-0.25, -0.2) is 0 Å². The van der Waals surface area contributed by atoms with E-state index in [0.717, 1.165) is 5.69 Å². The second-order valence-electron chi connectivity index (χ2n) is 3.17. The maximum atomic E-state index is 11.4. The molecule has 5 nitrogen and oxygen atoms in total. The van der Waals surface area contributed by atoms with Gasteiger partial charge in [-0.1, -0.05) is 13.8 Å². The number of carbonyl (C=O) groups excluding carboxylic acids is 1. The Bertz CT molecular complexity index is 292. The lowest BCUT2D eigenvalue weighted by Gasteiger charge is -2.01. The highest BCUT2D eigenvalue weighted by molar-refractivity contribution is 5.96. The Hall–Kier alpha value is -1.23. The summed E-state index contributed by atoms with van der Waals surface area (Å²) in [5.74, 6) is 0.189. The summed E-state index contributed by atoms with van der Waals surface area (Å²) in [6, 6.07) is 0. The summed E-state index contributed by atoms with van der Waals surface area (Å²) < 4.78 is 0. The summed E-state index contributed by atoms with van der Waals surface area (Å²) in [6.45, 7) is 4.26. The topological polar surface area (TPSA) is 70.7 Å². The highest BCUT2D eigenvalue weighted by Crippen LogP contribution is 2.13. The van der Waals surface area contributed by atoms with Crippen LogP contribution in [0.25, 0.3) is 0 Å². The molecule has 0 aromatic carbocycles. The Morgan fingerprint density at radius 2 is 2.23 bits per heavy atom. The molecule has 0 atom stereocenters. The van der Waals surface area contributed by atoms with E-state index in [9.17, 15) is 4.79 Å². The smallest absolute Gasteiger partial charge is 0.198 e. The van der Waals surface area contributed by atoms with Crippen LogP contribution in [0, 0.1) is 0 Å². The molecule has 0 radical (unpaired) electrons. The fourth-order valence-corrected chi connectivity index (χ4v) is 1.09. The van der Waals surface area contributed by atoms with Crippen LogP contribution in [0.3, 0.4) is 0 Å². The van der Waals surface area contributed by atoms with Gasteiger partial charge in [-0.15, -0.1) is 0 Å². The van der Waals surface area contributed by atoms with E-state index in [4.69, 9.17) is 0 Å². The molecule has 0 aliphatic rings. The van der Waals surface area contributed by atoms with Crippen molar-refractivity contribution in [3.63, 3.8) is 0 Å². The molecular formula is C8H14N4O. The highest BCUT2D eigenvalue weighted by atomic mass is 16.1. The highest BCUT2D eigenvalue weighted by Gasteiger charge is 2.17. The summed E-state index contributed by atoms with van der Waals surface area (Å²) in [4.78, 5) is 11.4. The molecule has 13 heavy (non-hydrogen) atoms. The number of aromatic amines is 1. The number of H-pyrrole nitrogens is 1. The Kier molecular flexibility index (Phi) is 3.13. The van der Waals surface area contributed by atoms with Crippen molar-refractivity contribution in [2.24, 2.45) is 0 Å². The van der Waals surface area contributed by atoms with Gasteiger partial charge in [0.05, 0.1) is 12.2 Å². The van der Waals surface area contributed by atoms with Gasteiger partial charge in [0.25, 0.3) is 0 Å². The standard InChI is InChI=1S/C8H14N4O/c1-5(2)7-8(11-12-10-7)6(13)4-9-3/h5,9H,4H2,1-3H3,(H,10,11,12). The molecule has 0 saturated carbocycles. The first kappa shape index (κ1) is 9.85. The van der Waals surface area contributed by atoms with Crippen LogP contribution in [-0.2, 0) is 0 Å². The average molecular weight is 182 g/mol. The van der Waals surface area contributed by atoms with Gasteiger partial charge >= 0.3 is 0 Å². The number of nitrogens with zero attached hydrogens (tertiary/aromatic N) is 2. The first-order valence-corrected chi connectivity index (χ1v) is 4.25. The number of nitrogens with one attached hydrogen (secondary N) is 2. The van der Waals surface area contributed by atoms with E-state index in [1.54, 1.807) is 7.05 Å². The normalized spacial score (nSPS) is 10.8. The number of ketones is 1. The Morgan fingerprint density at radius 1 is 1.54 bits per heavy atom. The molecular weight excluding hydrogens is 168 g/mol. The fraction of sp³-hybridized carbons (Fsp3) is 0.625. The zero-order chi connectivity index (χ0) is 9.84. The second-order valence-corrected chi connectivity index (χ2v) is 3.17. The van der Waals surface area contributed by atoms with Crippen LogP contribution in [0.4, 0.5) is 0 Å². The van der Waals surface area contributed by atoms with Crippen molar-refractivity contribution in [1.82, 2.24) is 20.7 Å². The number of hydrogen-bond acceptors (Lipinski definition) is 4. The van der Waals surface area contributed by atoms with Crippen LogP contribution < -0.4 is 5.32 Å². The molecule has 0 spiro atoms. The average Bonchev–Trinajstić information content (AvgIpc) is 2.52. The molecule has 0 saturated heterocycles. The monoisotopic (exact) mass is 182 g/mol. The molecule has 0 fully saturated rings. The molecule has 1 heterocycles. The molecule has 2 N–H and O–H groups in total. The summed E-state index contributed by atoms with van der Waals surface area (Å²) in [7, 11) is 1.73. The Balaban J connectivity index is 2.87. The molecule has 72 valence electrons. The third-order valence-corrected chi connectivity index (χ3v) is 1.72. The minimum atomic E-state index is -0.0278. The minimum Gasteiger partial charge on any atom is -0.313 e. The van der Waals surface area contributed by atoms with Crippen LogP contribution in [0.1, 0.15) is 35.9 Å². The van der Waals surface area contributed by atoms with Crippen LogP contribution in [-0.4, -0.2) is 34.8 Å². The van der Waals surface area contributed by atoms with E-state index in [1.807, 2.05) is 13.8 Å². The molecule has 0 unspecified atom stereocenters. The molecule has 1 rings (SSSR count). The Labute approximate surface area is 76.9 Å². The SMILES string of the molecule is CNCC(=O)c1n[nH]nc1C(C)C. The largest absolute Gasteiger partial charge is 0.313 e. The van der Waals surface area contributed by atoms with Gasteiger partial charge in [-0.05, 0) is 13.0 Å². The second kappa shape index (κ2) is 4.13. The van der Waals surface area contributed by atoms with E-state index < -0.39 is 0 Å². The predicted octanol–water partition coefficient (Wildman–Crippen LogP) is 0.330. The molecule has 0 amide bonds. The first-order chi connectivity index (χ1) is 6.16. The third-order valence-electron chi connectivity index (χ3n) is 1.72. The van der Waals surface area contributed by atoms with Gasteiger partial charge in [0.1, 0.15) is 0 Å². The van der Waals surface area contributed by atoms with Crippen LogP contribution in [0.5, 0.6) is 0 Å². The van der Waals surface area contributed by atoms with Crippen molar-refractivity contribution >= 4 is 5.78 Å². The van der Waals surface area contributed by atoms with Gasteiger partial charge in [0.2, 0.25) is 0 Å². The number of rotatable bonds is 4. The van der Waals surface area contributed by atoms with E-state index >= 15 is 0 Å². The fourth-order valence-electron chi connectivity index (χ4n) is 1.09. The van der Waals surface area contributed by atoms with Gasteiger partial charge in [-0.2, -0.15) is 15.4 Å². The number of carbonyl (C=O) groups is 1. The van der Waals surface area contributed by atoms with Crippen molar-refractivity contribution in [2.45, 2.75) is 19.8 Å². The lowest BCUT2D eigenvalue weighted by molar-refractivity contribution is 0.0987. The summed E-state index contributed by atoms with van der Waals surface area (Å²) in [6.07, 6.45) is 0. The lowest BCUT2D eigenvalue weighted by atomic mass is 10.1. The van der Waals surface area contributed by atoms with Crippen molar-refractivity contribution in [1.29, 1.82) is 0 Å². The zero-order valence-corrected chi connectivity index (χ0v) is 8.09. The quantitative estimate of drug-likeness (QED) is 0.658. The van der Waals surface area contributed by atoms with E-state index in [-0.39, 0.29) is 11.7 Å². The van der Waals surface area contributed by atoms with Gasteiger partial charge in [-0.3, -0.25) is 4.79 Å². The van der Waals surface area contributed by atoms with Crippen LogP contribution >= 0.6 is 0 Å². The number of Topliss-reactive ketones (excluding diaryl/α,β-unsaturated/α-hetero) is 1. The number of likely N-dealkylation sites (N-methyl/N-ethyl adjacent to an activating group) is 1. The molecule has 1 aromatic rings. The molecule has 0 aliphatic carbocycles. The lowest BCUT2D eigenvalue weighted by Crippen LogP contribution is -2.20. The van der Waals surface area contributed by atoms with E-state index in [1.165, 1.54) is 0 Å². The predicted molar refractivity (Wildman–Crippen MR) is 48.7 cm³/mol. The van der Waals surface area contributed by atoms with Crippen molar-refractivity contribution in [3.8, 4) is 0 Å². The van der Waals surface area contributed by atoms with Crippen LogP contribution in [0.2, 0.25) is 0 Å². The molecule has 1 aromatic heterocycles. The number of hydrogen-bond donors (Lipinski definition) is 2. The van der Waals surface area contributed by atoms with Gasteiger partial charge in [0, 0.05) is 0 Å². The van der Waals surface area contributed by atoms with Gasteiger partial charge < -0.3 is 5.32 Å². The minimum absolute atomic E-state index is 0.0278. The summed E-state index contributed by atoms with van der Waals surface area (Å²) in [5.41, 5.74) is 1.18. The number of aromatic nitrogens is 3. The molecule has 5 heteroatoms. The van der Waals surface area contributed by atoms with E-state index in [2.05, 4.69) is 20.7 Å². The molecule has 0 bridgehead atoms. The summed E-state index contributed by atoms with van der Waals surface area (Å²) >= 11 is 0. The summed E-state index contributed by atoms with van der Waals surface area (Å²) in [5, 5.41) is 13.0. The van der Waals surface area contributed by atoms with Gasteiger partial charge in [0.15, 0.2) is 11.5 Å².